The van der Waals surface area contributed by atoms with Gasteiger partial charge in [-0.1, -0.05) is 23.2 Å². The van der Waals surface area contributed by atoms with E-state index >= 15 is 0 Å². The number of halogens is 6. The summed E-state index contributed by atoms with van der Waals surface area (Å²) >= 11 is 12.1. The Hall–Kier alpha value is -1.03. The van der Waals surface area contributed by atoms with Crippen LogP contribution in [0.2, 0.25) is 8.67 Å². The summed E-state index contributed by atoms with van der Waals surface area (Å²) in [6, 6.07) is 2.80. The molecule has 0 amide bonds. The SMILES string of the molecule is O=S(=O)(Nc1ccc(F)c(C(F)(F)F)c1)c1cc(Cl)sc1Cl. The van der Waals surface area contributed by atoms with Gasteiger partial charge in [-0.3, -0.25) is 4.72 Å². The Morgan fingerprint density at radius 3 is 2.27 bits per heavy atom. The molecule has 0 aliphatic rings. The predicted octanol–water partition coefficient (Wildman–Crippen LogP) is 5.01. The average molecular weight is 394 g/mol. The van der Waals surface area contributed by atoms with Crippen molar-refractivity contribution in [1.82, 2.24) is 0 Å². The van der Waals surface area contributed by atoms with Crippen LogP contribution in [0.5, 0.6) is 0 Å². The smallest absolute Gasteiger partial charge is 0.280 e. The lowest BCUT2D eigenvalue weighted by Gasteiger charge is -2.11. The summed E-state index contributed by atoms with van der Waals surface area (Å²) in [6.45, 7) is 0. The molecule has 1 aromatic heterocycles. The van der Waals surface area contributed by atoms with E-state index in [2.05, 4.69) is 0 Å². The molecule has 3 nitrogen and oxygen atoms in total. The molecule has 0 unspecified atom stereocenters. The first kappa shape index (κ1) is 17.3. The van der Waals surface area contributed by atoms with Crippen molar-refractivity contribution in [2.24, 2.45) is 0 Å². The van der Waals surface area contributed by atoms with E-state index in [0.29, 0.717) is 12.1 Å². The maximum absolute atomic E-state index is 13.2. The first-order valence-electron chi connectivity index (χ1n) is 5.35. The molecule has 22 heavy (non-hydrogen) atoms. The molecule has 1 heterocycles. The molecule has 120 valence electrons. The summed E-state index contributed by atoms with van der Waals surface area (Å²) in [5, 5.41) is 0. The van der Waals surface area contributed by atoms with Crippen molar-refractivity contribution in [3.8, 4) is 0 Å². The van der Waals surface area contributed by atoms with Crippen LogP contribution in [0, 0.1) is 5.82 Å². The van der Waals surface area contributed by atoms with Crippen molar-refractivity contribution in [3.63, 3.8) is 0 Å². The van der Waals surface area contributed by atoms with Crippen LogP contribution < -0.4 is 4.72 Å². The van der Waals surface area contributed by atoms with E-state index in [9.17, 15) is 26.0 Å². The highest BCUT2D eigenvalue weighted by Crippen LogP contribution is 2.36. The molecule has 0 fully saturated rings. The Morgan fingerprint density at radius 2 is 1.77 bits per heavy atom. The average Bonchev–Trinajstić information content (AvgIpc) is 2.70. The van der Waals surface area contributed by atoms with Crippen molar-refractivity contribution in [3.05, 3.63) is 44.3 Å². The summed E-state index contributed by atoms with van der Waals surface area (Å²) in [4.78, 5) is -0.373. The minimum absolute atomic E-state index is 0.0976. The molecule has 0 aliphatic heterocycles. The third-order valence-electron chi connectivity index (χ3n) is 2.44. The van der Waals surface area contributed by atoms with E-state index in [0.717, 1.165) is 23.5 Å². The third-order valence-corrected chi connectivity index (χ3v) is 5.57. The Bertz CT molecular complexity index is 818. The van der Waals surface area contributed by atoms with Crippen LogP contribution in [0.25, 0.3) is 0 Å². The zero-order valence-electron chi connectivity index (χ0n) is 10.2. The molecular formula is C11H5Cl2F4NO2S2. The first-order chi connectivity index (χ1) is 10.0. The predicted molar refractivity (Wildman–Crippen MR) is 76.5 cm³/mol. The van der Waals surface area contributed by atoms with E-state index in [1.54, 1.807) is 0 Å². The normalized spacial score (nSPS) is 12.5. The molecule has 2 rings (SSSR count). The van der Waals surface area contributed by atoms with E-state index in [-0.39, 0.29) is 13.6 Å². The fraction of sp³-hybridized carbons (Fsp3) is 0.0909. The molecule has 0 saturated carbocycles. The van der Waals surface area contributed by atoms with Gasteiger partial charge in [0.2, 0.25) is 0 Å². The number of alkyl halides is 3. The van der Waals surface area contributed by atoms with Crippen molar-refractivity contribution < 1.29 is 26.0 Å². The van der Waals surface area contributed by atoms with Gasteiger partial charge >= 0.3 is 6.18 Å². The van der Waals surface area contributed by atoms with Gasteiger partial charge in [-0.25, -0.2) is 12.8 Å². The maximum atomic E-state index is 13.2. The molecule has 0 atom stereocenters. The third kappa shape index (κ3) is 3.65. The van der Waals surface area contributed by atoms with Crippen LogP contribution in [0.1, 0.15) is 5.56 Å². The van der Waals surface area contributed by atoms with E-state index in [4.69, 9.17) is 23.2 Å². The van der Waals surface area contributed by atoms with E-state index < -0.39 is 33.3 Å². The molecule has 0 bridgehead atoms. The zero-order valence-corrected chi connectivity index (χ0v) is 13.4. The van der Waals surface area contributed by atoms with Gasteiger partial charge in [0.05, 0.1) is 9.90 Å². The van der Waals surface area contributed by atoms with E-state index in [1.807, 2.05) is 4.72 Å². The lowest BCUT2D eigenvalue weighted by atomic mass is 10.2. The number of hydrogen-bond donors (Lipinski definition) is 1. The molecule has 0 spiro atoms. The number of rotatable bonds is 3. The number of sulfonamides is 1. The highest BCUT2D eigenvalue weighted by molar-refractivity contribution is 7.93. The second-order valence-electron chi connectivity index (χ2n) is 3.99. The summed E-state index contributed by atoms with van der Waals surface area (Å²) in [7, 11) is -4.24. The van der Waals surface area contributed by atoms with Gasteiger partial charge in [-0.05, 0) is 24.3 Å². The summed E-state index contributed by atoms with van der Waals surface area (Å²) < 4.78 is 76.9. The van der Waals surface area contributed by atoms with Gasteiger partial charge < -0.3 is 0 Å². The van der Waals surface area contributed by atoms with Gasteiger partial charge in [0.25, 0.3) is 10.0 Å². The summed E-state index contributed by atoms with van der Waals surface area (Å²) in [6.07, 6.45) is -4.95. The van der Waals surface area contributed by atoms with Gasteiger partial charge in [-0.15, -0.1) is 11.3 Å². The van der Waals surface area contributed by atoms with Crippen LogP contribution in [-0.4, -0.2) is 8.42 Å². The molecule has 11 heteroatoms. The molecule has 0 saturated heterocycles. The Labute approximate surface area is 136 Å². The molecule has 2 aromatic rings. The molecule has 0 aliphatic carbocycles. The van der Waals surface area contributed by atoms with E-state index in [1.165, 1.54) is 0 Å². The fourth-order valence-electron chi connectivity index (χ4n) is 1.52. The van der Waals surface area contributed by atoms with Crippen LogP contribution in [0.3, 0.4) is 0 Å². The van der Waals surface area contributed by atoms with Gasteiger partial charge in [-0.2, -0.15) is 13.2 Å². The number of anilines is 1. The first-order valence-corrected chi connectivity index (χ1v) is 8.40. The highest BCUT2D eigenvalue weighted by Gasteiger charge is 2.34. The van der Waals surface area contributed by atoms with Crippen LogP contribution in [0.15, 0.2) is 29.2 Å². The Balaban J connectivity index is 2.41. The lowest BCUT2D eigenvalue weighted by molar-refractivity contribution is -0.139. The molecular weight excluding hydrogens is 389 g/mol. The Kier molecular flexibility index (Phi) is 4.63. The monoisotopic (exact) mass is 393 g/mol. The summed E-state index contributed by atoms with van der Waals surface area (Å²) in [5.74, 6) is -1.51. The highest BCUT2D eigenvalue weighted by atomic mass is 35.5. The standard InChI is InChI=1S/C11H5Cl2F4NO2S2/c12-9-4-8(10(13)21-9)22(19,20)18-5-1-2-7(14)6(3-5)11(15,16)17/h1-4,18H. The quantitative estimate of drug-likeness (QED) is 0.744. The second kappa shape index (κ2) is 5.88. The zero-order chi connectivity index (χ0) is 16.7. The topological polar surface area (TPSA) is 46.2 Å². The van der Waals surface area contributed by atoms with Gasteiger partial charge in [0.1, 0.15) is 15.0 Å². The van der Waals surface area contributed by atoms with Crippen molar-refractivity contribution >= 4 is 50.2 Å². The molecule has 1 aromatic carbocycles. The maximum Gasteiger partial charge on any atom is 0.419 e. The van der Waals surface area contributed by atoms with Crippen molar-refractivity contribution in [1.29, 1.82) is 0 Å². The lowest BCUT2D eigenvalue weighted by Crippen LogP contribution is -2.14. The number of hydrogen-bond acceptors (Lipinski definition) is 3. The van der Waals surface area contributed by atoms with Gasteiger partial charge in [0.15, 0.2) is 0 Å². The minimum Gasteiger partial charge on any atom is -0.280 e. The van der Waals surface area contributed by atoms with Crippen LogP contribution >= 0.6 is 34.5 Å². The number of benzene rings is 1. The van der Waals surface area contributed by atoms with Crippen LogP contribution in [-0.2, 0) is 16.2 Å². The number of nitrogens with one attached hydrogen (secondary N) is 1. The minimum atomic E-state index is -4.95. The Morgan fingerprint density at radius 1 is 1.14 bits per heavy atom. The van der Waals surface area contributed by atoms with Gasteiger partial charge in [0, 0.05) is 5.69 Å². The van der Waals surface area contributed by atoms with Crippen molar-refractivity contribution in [2.75, 3.05) is 4.72 Å². The largest absolute Gasteiger partial charge is 0.419 e. The number of thiophene rings is 1. The molecule has 1 N–H and O–H groups in total. The fourth-order valence-corrected chi connectivity index (χ4v) is 4.72. The second-order valence-corrected chi connectivity index (χ2v) is 7.92. The van der Waals surface area contributed by atoms with Crippen molar-refractivity contribution in [2.45, 2.75) is 11.1 Å². The molecule has 0 radical (unpaired) electrons. The summed E-state index contributed by atoms with van der Waals surface area (Å²) in [5.41, 5.74) is -2.03. The van der Waals surface area contributed by atoms with Crippen LogP contribution in [0.4, 0.5) is 23.2 Å².